The molecule has 2 nitrogen and oxygen atoms in total. The van der Waals surface area contributed by atoms with E-state index < -0.39 is 23.8 Å². The van der Waals surface area contributed by atoms with E-state index in [2.05, 4.69) is 4.98 Å². The smallest absolute Gasteiger partial charge is 0.280 e. The molecule has 0 aliphatic carbocycles. The van der Waals surface area contributed by atoms with Crippen LogP contribution in [-0.4, -0.2) is 10.1 Å². The minimum absolute atomic E-state index is 0.0731. The number of aryl methyl sites for hydroxylation is 1. The molecule has 1 aromatic heterocycles. The summed E-state index contributed by atoms with van der Waals surface area (Å²) >= 11 is 0. The summed E-state index contributed by atoms with van der Waals surface area (Å²) in [6.45, 7) is 1.33. The van der Waals surface area contributed by atoms with Gasteiger partial charge in [0.2, 0.25) is 0 Å². The van der Waals surface area contributed by atoms with Gasteiger partial charge in [0.15, 0.2) is 5.75 Å². The molecular weight excluding hydrogens is 171 g/mol. The van der Waals surface area contributed by atoms with Crippen LogP contribution in [0.1, 0.15) is 17.7 Å². The first-order valence-electron chi connectivity index (χ1n) is 3.16. The van der Waals surface area contributed by atoms with Crippen LogP contribution in [0.4, 0.5) is 13.2 Å². The first-order chi connectivity index (χ1) is 5.52. The van der Waals surface area contributed by atoms with Crippen LogP contribution in [-0.2, 0) is 0 Å². The lowest BCUT2D eigenvalue weighted by Gasteiger charge is -2.03. The third-order valence-electron chi connectivity index (χ3n) is 1.39. The van der Waals surface area contributed by atoms with Gasteiger partial charge in [-0.1, -0.05) is 0 Å². The first-order valence-corrected chi connectivity index (χ1v) is 3.16. The SMILES string of the molecule is Cc1cc(O)c(F)nc1C(F)F. The molecule has 1 aromatic rings. The average Bonchev–Trinajstić information content (AvgIpc) is 1.96. The summed E-state index contributed by atoms with van der Waals surface area (Å²) in [4.78, 5) is 2.91. The van der Waals surface area contributed by atoms with Crippen molar-refractivity contribution in [1.82, 2.24) is 4.98 Å². The Balaban J connectivity index is 3.23. The van der Waals surface area contributed by atoms with Crippen molar-refractivity contribution in [2.24, 2.45) is 0 Å². The highest BCUT2D eigenvalue weighted by molar-refractivity contribution is 5.28. The lowest BCUT2D eigenvalue weighted by Crippen LogP contribution is -1.97. The van der Waals surface area contributed by atoms with E-state index in [4.69, 9.17) is 5.11 Å². The molecule has 0 atom stereocenters. The number of rotatable bonds is 1. The number of hydrogen-bond acceptors (Lipinski definition) is 2. The van der Waals surface area contributed by atoms with Gasteiger partial charge < -0.3 is 5.11 Å². The maximum Gasteiger partial charge on any atom is 0.280 e. The summed E-state index contributed by atoms with van der Waals surface area (Å²) in [5.41, 5.74) is -0.561. The third kappa shape index (κ3) is 1.49. The van der Waals surface area contributed by atoms with Gasteiger partial charge in [0.25, 0.3) is 12.4 Å². The summed E-state index contributed by atoms with van der Waals surface area (Å²) in [5, 5.41) is 8.72. The molecule has 12 heavy (non-hydrogen) atoms. The van der Waals surface area contributed by atoms with Crippen LogP contribution >= 0.6 is 0 Å². The van der Waals surface area contributed by atoms with Crippen LogP contribution in [0.3, 0.4) is 0 Å². The van der Waals surface area contributed by atoms with Gasteiger partial charge in [0, 0.05) is 0 Å². The van der Waals surface area contributed by atoms with Gasteiger partial charge in [-0.15, -0.1) is 0 Å². The molecule has 0 aromatic carbocycles. The molecule has 0 spiro atoms. The molecular formula is C7H6F3NO. The second kappa shape index (κ2) is 3.00. The van der Waals surface area contributed by atoms with E-state index in [9.17, 15) is 13.2 Å². The standard InChI is InChI=1S/C7H6F3NO/c1-3-2-4(12)7(10)11-5(3)6(8)9/h2,6,12H,1H3. The highest BCUT2D eigenvalue weighted by atomic mass is 19.3. The monoisotopic (exact) mass is 177 g/mol. The van der Waals surface area contributed by atoms with E-state index in [1.807, 2.05) is 0 Å². The van der Waals surface area contributed by atoms with Crippen molar-refractivity contribution in [2.75, 3.05) is 0 Å². The Labute approximate surface area is 66.7 Å². The van der Waals surface area contributed by atoms with E-state index in [-0.39, 0.29) is 5.56 Å². The van der Waals surface area contributed by atoms with Crippen molar-refractivity contribution < 1.29 is 18.3 Å². The van der Waals surface area contributed by atoms with Crippen LogP contribution in [0.15, 0.2) is 6.07 Å². The molecule has 0 unspecified atom stereocenters. The lowest BCUT2D eigenvalue weighted by molar-refractivity contribution is 0.143. The van der Waals surface area contributed by atoms with Crippen LogP contribution in [0.5, 0.6) is 5.75 Å². The number of aromatic hydroxyl groups is 1. The maximum atomic E-state index is 12.4. The van der Waals surface area contributed by atoms with Crippen molar-refractivity contribution in [3.8, 4) is 5.75 Å². The van der Waals surface area contributed by atoms with Gasteiger partial charge in [0.05, 0.1) is 0 Å². The number of pyridine rings is 1. The highest BCUT2D eigenvalue weighted by Crippen LogP contribution is 2.24. The lowest BCUT2D eigenvalue weighted by atomic mass is 10.2. The topological polar surface area (TPSA) is 33.1 Å². The zero-order valence-corrected chi connectivity index (χ0v) is 6.18. The van der Waals surface area contributed by atoms with Gasteiger partial charge in [-0.25, -0.2) is 13.8 Å². The molecule has 0 aliphatic heterocycles. The number of hydrogen-bond donors (Lipinski definition) is 1. The van der Waals surface area contributed by atoms with Crippen molar-refractivity contribution in [3.05, 3.63) is 23.3 Å². The van der Waals surface area contributed by atoms with E-state index in [1.165, 1.54) is 6.92 Å². The summed E-state index contributed by atoms with van der Waals surface area (Å²) < 4.78 is 36.5. The summed E-state index contributed by atoms with van der Waals surface area (Å²) in [6.07, 6.45) is -2.82. The molecule has 5 heteroatoms. The van der Waals surface area contributed by atoms with Crippen LogP contribution in [0, 0.1) is 12.9 Å². The molecule has 0 amide bonds. The second-order valence-electron chi connectivity index (χ2n) is 2.30. The average molecular weight is 177 g/mol. The normalized spacial score (nSPS) is 10.8. The van der Waals surface area contributed by atoms with Gasteiger partial charge in [-0.05, 0) is 18.6 Å². The second-order valence-corrected chi connectivity index (χ2v) is 2.30. The Morgan fingerprint density at radius 3 is 2.58 bits per heavy atom. The van der Waals surface area contributed by atoms with Crippen LogP contribution < -0.4 is 0 Å². The number of halogens is 3. The van der Waals surface area contributed by atoms with Crippen molar-refractivity contribution in [2.45, 2.75) is 13.3 Å². The molecule has 0 saturated carbocycles. The molecule has 66 valence electrons. The molecule has 1 heterocycles. The van der Waals surface area contributed by atoms with Gasteiger partial charge in [0.1, 0.15) is 5.69 Å². The molecule has 0 bridgehead atoms. The molecule has 0 fully saturated rings. The van der Waals surface area contributed by atoms with E-state index in [0.717, 1.165) is 6.07 Å². The van der Waals surface area contributed by atoms with Gasteiger partial charge >= 0.3 is 0 Å². The minimum Gasteiger partial charge on any atom is -0.504 e. The maximum absolute atomic E-state index is 12.4. The van der Waals surface area contributed by atoms with Gasteiger partial charge in [-0.3, -0.25) is 0 Å². The summed E-state index contributed by atoms with van der Waals surface area (Å²) in [7, 11) is 0. The quantitative estimate of drug-likeness (QED) is 0.667. The van der Waals surface area contributed by atoms with Gasteiger partial charge in [-0.2, -0.15) is 4.39 Å². The van der Waals surface area contributed by atoms with E-state index >= 15 is 0 Å². The third-order valence-corrected chi connectivity index (χ3v) is 1.39. The summed E-state index contributed by atoms with van der Waals surface area (Å²) in [6, 6.07) is 0.920. The largest absolute Gasteiger partial charge is 0.504 e. The zero-order chi connectivity index (χ0) is 9.30. The highest BCUT2D eigenvalue weighted by Gasteiger charge is 2.15. The van der Waals surface area contributed by atoms with Crippen molar-refractivity contribution in [3.63, 3.8) is 0 Å². The minimum atomic E-state index is -2.82. The Kier molecular flexibility index (Phi) is 2.21. The Morgan fingerprint density at radius 2 is 2.08 bits per heavy atom. The number of aromatic nitrogens is 1. The Bertz CT molecular complexity index is 301. The molecule has 1 rings (SSSR count). The fraction of sp³-hybridized carbons (Fsp3) is 0.286. The zero-order valence-electron chi connectivity index (χ0n) is 6.18. The Hall–Kier alpha value is -1.26. The molecule has 0 saturated heterocycles. The molecule has 0 radical (unpaired) electrons. The molecule has 0 aliphatic rings. The van der Waals surface area contributed by atoms with Crippen LogP contribution in [0.25, 0.3) is 0 Å². The van der Waals surface area contributed by atoms with Crippen LogP contribution in [0.2, 0.25) is 0 Å². The summed E-state index contributed by atoms with van der Waals surface area (Å²) in [5.74, 6) is -1.98. The van der Waals surface area contributed by atoms with Crippen molar-refractivity contribution >= 4 is 0 Å². The predicted molar refractivity (Wildman–Crippen MR) is 35.6 cm³/mol. The molecule has 1 N–H and O–H groups in total. The fourth-order valence-electron chi connectivity index (χ4n) is 0.811. The van der Waals surface area contributed by atoms with E-state index in [1.54, 1.807) is 0 Å². The number of alkyl halides is 2. The van der Waals surface area contributed by atoms with Crippen molar-refractivity contribution in [1.29, 1.82) is 0 Å². The first kappa shape index (κ1) is 8.83. The number of nitrogens with zero attached hydrogens (tertiary/aromatic N) is 1. The predicted octanol–water partition coefficient (Wildman–Crippen LogP) is 2.17. The fourth-order valence-corrected chi connectivity index (χ4v) is 0.811. The van der Waals surface area contributed by atoms with E-state index in [0.29, 0.717) is 0 Å². The Morgan fingerprint density at radius 1 is 1.50 bits per heavy atom.